The molecule has 142 valence electrons. The van der Waals surface area contributed by atoms with E-state index in [1.54, 1.807) is 0 Å². The van der Waals surface area contributed by atoms with E-state index in [4.69, 9.17) is 9.84 Å². The van der Waals surface area contributed by atoms with E-state index in [1.807, 2.05) is 0 Å². The summed E-state index contributed by atoms with van der Waals surface area (Å²) in [6.07, 6.45) is 13.0. The number of ether oxygens (including phenoxy) is 1. The Morgan fingerprint density at radius 1 is 0.920 bits per heavy atom. The quantitative estimate of drug-likeness (QED) is 0.385. The van der Waals surface area contributed by atoms with E-state index in [9.17, 15) is 4.79 Å². The van der Waals surface area contributed by atoms with Crippen molar-refractivity contribution in [2.45, 2.75) is 90.9 Å². The van der Waals surface area contributed by atoms with Gasteiger partial charge in [0, 0.05) is 6.42 Å². The molecule has 1 N–H and O–H groups in total. The number of carboxylic acid groups (broad SMARTS) is 1. The molecular weight excluding hydrogens is 312 g/mol. The van der Waals surface area contributed by atoms with E-state index in [1.165, 1.54) is 62.5 Å². The molecule has 0 aliphatic heterocycles. The van der Waals surface area contributed by atoms with E-state index in [-0.39, 0.29) is 6.42 Å². The molecule has 0 amide bonds. The van der Waals surface area contributed by atoms with Crippen LogP contribution in [0.5, 0.6) is 5.75 Å². The van der Waals surface area contributed by atoms with E-state index >= 15 is 0 Å². The summed E-state index contributed by atoms with van der Waals surface area (Å²) in [6.45, 7) is 4.95. The first-order valence-corrected chi connectivity index (χ1v) is 10.1. The van der Waals surface area contributed by atoms with Crippen LogP contribution in [0.1, 0.15) is 89.2 Å². The highest BCUT2D eigenvalue weighted by Crippen LogP contribution is 2.24. The van der Waals surface area contributed by atoms with Crippen LogP contribution in [0.2, 0.25) is 0 Å². The third-order valence-electron chi connectivity index (χ3n) is 4.54. The summed E-state index contributed by atoms with van der Waals surface area (Å²) in [5.74, 6) is 0.185. The van der Waals surface area contributed by atoms with Crippen molar-refractivity contribution in [3.8, 4) is 5.75 Å². The first-order valence-electron chi connectivity index (χ1n) is 10.1. The van der Waals surface area contributed by atoms with E-state index in [2.05, 4.69) is 32.0 Å². The van der Waals surface area contributed by atoms with E-state index < -0.39 is 5.97 Å². The smallest absolute Gasteiger partial charge is 0.303 e. The highest BCUT2D eigenvalue weighted by Gasteiger charge is 2.07. The number of carbonyl (C=O) groups is 1. The predicted octanol–water partition coefficient (Wildman–Crippen LogP) is 6.18. The SMILES string of the molecule is CCCCCCc1ccc(OCCCC(=O)O)c(CCCCCC)c1. The average molecular weight is 349 g/mol. The Hall–Kier alpha value is -1.51. The van der Waals surface area contributed by atoms with Gasteiger partial charge in [0.15, 0.2) is 0 Å². The van der Waals surface area contributed by atoms with Crippen LogP contribution in [-0.2, 0) is 17.6 Å². The fourth-order valence-electron chi connectivity index (χ4n) is 3.03. The van der Waals surface area contributed by atoms with Crippen LogP contribution in [0, 0.1) is 0 Å². The highest BCUT2D eigenvalue weighted by atomic mass is 16.5. The molecule has 1 aromatic rings. The second-order valence-electron chi connectivity index (χ2n) is 6.91. The zero-order valence-electron chi connectivity index (χ0n) is 16.2. The number of hydrogen-bond acceptors (Lipinski definition) is 2. The molecule has 1 rings (SSSR count). The molecule has 0 aromatic heterocycles. The van der Waals surface area contributed by atoms with E-state index in [0.29, 0.717) is 13.0 Å². The predicted molar refractivity (Wildman–Crippen MR) is 104 cm³/mol. The number of aryl methyl sites for hydroxylation is 2. The van der Waals surface area contributed by atoms with Gasteiger partial charge in [-0.3, -0.25) is 4.79 Å². The molecule has 0 heterocycles. The second kappa shape index (κ2) is 13.7. The number of carboxylic acids is 1. The first kappa shape index (κ1) is 21.5. The van der Waals surface area contributed by atoms with Crippen molar-refractivity contribution >= 4 is 5.97 Å². The summed E-state index contributed by atoms with van der Waals surface area (Å²) in [6, 6.07) is 6.57. The molecule has 0 atom stereocenters. The molecule has 1 aromatic carbocycles. The van der Waals surface area contributed by atoms with Crippen LogP contribution in [0.15, 0.2) is 18.2 Å². The summed E-state index contributed by atoms with van der Waals surface area (Å²) < 4.78 is 5.88. The fraction of sp³-hybridized carbons (Fsp3) is 0.682. The van der Waals surface area contributed by atoms with Gasteiger partial charge in [-0.05, 0) is 49.3 Å². The van der Waals surface area contributed by atoms with Gasteiger partial charge in [0.05, 0.1) is 6.61 Å². The molecule has 0 saturated heterocycles. The van der Waals surface area contributed by atoms with Gasteiger partial charge in [-0.2, -0.15) is 0 Å². The molecule has 0 fully saturated rings. The van der Waals surface area contributed by atoms with E-state index in [0.717, 1.165) is 18.6 Å². The number of benzene rings is 1. The Morgan fingerprint density at radius 2 is 1.60 bits per heavy atom. The number of rotatable bonds is 15. The maximum absolute atomic E-state index is 10.6. The molecule has 0 radical (unpaired) electrons. The standard InChI is InChI=1S/C22H36O3/c1-3-5-7-9-12-19-15-16-21(25-17-11-14-22(23)24)20(18-19)13-10-8-6-4-2/h15-16,18H,3-14,17H2,1-2H3,(H,23,24). The molecule has 3 heteroatoms. The van der Waals surface area contributed by atoms with Crippen molar-refractivity contribution in [1.29, 1.82) is 0 Å². The van der Waals surface area contributed by atoms with Crippen LogP contribution >= 0.6 is 0 Å². The number of hydrogen-bond donors (Lipinski definition) is 1. The van der Waals surface area contributed by atoms with Gasteiger partial charge < -0.3 is 9.84 Å². The Bertz CT molecular complexity index is 482. The summed E-state index contributed by atoms with van der Waals surface area (Å²) in [5.41, 5.74) is 2.69. The zero-order chi connectivity index (χ0) is 18.3. The minimum Gasteiger partial charge on any atom is -0.493 e. The minimum absolute atomic E-state index is 0.168. The van der Waals surface area contributed by atoms with Crippen LogP contribution in [0.25, 0.3) is 0 Å². The Labute approximate surface area is 153 Å². The summed E-state index contributed by atoms with van der Waals surface area (Å²) in [7, 11) is 0. The molecule has 0 unspecified atom stereocenters. The van der Waals surface area contributed by atoms with Gasteiger partial charge in [-0.25, -0.2) is 0 Å². The highest BCUT2D eigenvalue weighted by molar-refractivity contribution is 5.66. The van der Waals surface area contributed by atoms with Crippen molar-refractivity contribution < 1.29 is 14.6 Å². The lowest BCUT2D eigenvalue weighted by molar-refractivity contribution is -0.137. The van der Waals surface area contributed by atoms with Gasteiger partial charge in [0.2, 0.25) is 0 Å². The monoisotopic (exact) mass is 348 g/mol. The Morgan fingerprint density at radius 3 is 2.24 bits per heavy atom. The fourth-order valence-corrected chi connectivity index (χ4v) is 3.03. The van der Waals surface area contributed by atoms with Crippen molar-refractivity contribution in [1.82, 2.24) is 0 Å². The van der Waals surface area contributed by atoms with Gasteiger partial charge in [-0.15, -0.1) is 0 Å². The molecule has 0 bridgehead atoms. The summed E-state index contributed by atoms with van der Waals surface area (Å²) in [4.78, 5) is 10.6. The lowest BCUT2D eigenvalue weighted by Gasteiger charge is -2.13. The lowest BCUT2D eigenvalue weighted by Crippen LogP contribution is -2.04. The maximum Gasteiger partial charge on any atom is 0.303 e. The molecule has 0 aliphatic rings. The average Bonchev–Trinajstić information content (AvgIpc) is 2.60. The topological polar surface area (TPSA) is 46.5 Å². The maximum atomic E-state index is 10.6. The Balaban J connectivity index is 2.60. The summed E-state index contributed by atoms with van der Waals surface area (Å²) >= 11 is 0. The van der Waals surface area contributed by atoms with Gasteiger partial charge in [-0.1, -0.05) is 64.5 Å². The lowest BCUT2D eigenvalue weighted by atomic mass is 9.99. The molecule has 0 aliphatic carbocycles. The van der Waals surface area contributed by atoms with Crippen molar-refractivity contribution in [3.05, 3.63) is 29.3 Å². The normalized spacial score (nSPS) is 10.8. The number of unbranched alkanes of at least 4 members (excludes halogenated alkanes) is 6. The third kappa shape index (κ3) is 10.2. The van der Waals surface area contributed by atoms with Gasteiger partial charge in [0.25, 0.3) is 0 Å². The second-order valence-corrected chi connectivity index (χ2v) is 6.91. The van der Waals surface area contributed by atoms with Crippen LogP contribution in [0.3, 0.4) is 0 Å². The number of aliphatic carboxylic acids is 1. The zero-order valence-corrected chi connectivity index (χ0v) is 16.2. The van der Waals surface area contributed by atoms with Crippen molar-refractivity contribution in [2.75, 3.05) is 6.61 Å². The molecular formula is C22H36O3. The van der Waals surface area contributed by atoms with Crippen LogP contribution in [0.4, 0.5) is 0 Å². The molecule has 0 saturated carbocycles. The third-order valence-corrected chi connectivity index (χ3v) is 4.54. The summed E-state index contributed by atoms with van der Waals surface area (Å²) in [5, 5.41) is 8.73. The first-order chi connectivity index (χ1) is 12.2. The van der Waals surface area contributed by atoms with Crippen molar-refractivity contribution in [3.63, 3.8) is 0 Å². The van der Waals surface area contributed by atoms with Gasteiger partial charge in [0.1, 0.15) is 5.75 Å². The van der Waals surface area contributed by atoms with Gasteiger partial charge >= 0.3 is 5.97 Å². The van der Waals surface area contributed by atoms with Crippen molar-refractivity contribution in [2.24, 2.45) is 0 Å². The molecule has 0 spiro atoms. The van der Waals surface area contributed by atoms with Crippen LogP contribution in [-0.4, -0.2) is 17.7 Å². The molecule has 25 heavy (non-hydrogen) atoms. The van der Waals surface area contributed by atoms with Crippen LogP contribution < -0.4 is 4.74 Å². The molecule has 3 nitrogen and oxygen atoms in total. The largest absolute Gasteiger partial charge is 0.493 e. The Kier molecular flexibility index (Phi) is 11.8. The minimum atomic E-state index is -0.759.